The van der Waals surface area contributed by atoms with Crippen molar-refractivity contribution in [2.24, 2.45) is 0 Å². The number of benzene rings is 2. The van der Waals surface area contributed by atoms with Crippen LogP contribution in [0.25, 0.3) is 0 Å². The topological polar surface area (TPSA) is 77.7 Å². The Bertz CT molecular complexity index is 974. The Morgan fingerprint density at radius 2 is 2.00 bits per heavy atom. The first-order valence-corrected chi connectivity index (χ1v) is 8.78. The van der Waals surface area contributed by atoms with Gasteiger partial charge in [0.25, 0.3) is 0 Å². The zero-order valence-electron chi connectivity index (χ0n) is 15.2. The second-order valence-corrected chi connectivity index (χ2v) is 6.37. The van der Waals surface area contributed by atoms with Crippen molar-refractivity contribution in [2.45, 2.75) is 18.9 Å². The predicted molar refractivity (Wildman–Crippen MR) is 97.7 cm³/mol. The van der Waals surface area contributed by atoms with Gasteiger partial charge in [-0.1, -0.05) is 17.3 Å². The molecule has 8 heteroatoms. The van der Waals surface area contributed by atoms with E-state index in [0.717, 1.165) is 11.4 Å². The number of aromatic nitrogens is 2. The molecule has 1 fully saturated rings. The zero-order chi connectivity index (χ0) is 19.5. The molecule has 144 valence electrons. The van der Waals surface area contributed by atoms with Gasteiger partial charge < -0.3 is 18.9 Å². The summed E-state index contributed by atoms with van der Waals surface area (Å²) in [5.41, 5.74) is 0.788. The maximum absolute atomic E-state index is 13.6. The fourth-order valence-corrected chi connectivity index (χ4v) is 3.08. The summed E-state index contributed by atoms with van der Waals surface area (Å²) >= 11 is 0. The minimum atomic E-state index is -0.456. The van der Waals surface area contributed by atoms with Gasteiger partial charge in [-0.05, 0) is 36.4 Å². The molecular weight excluding hydrogens is 365 g/mol. The maximum Gasteiger partial charge on any atom is 0.232 e. The molecule has 1 aromatic heterocycles. The van der Waals surface area contributed by atoms with Crippen molar-refractivity contribution in [2.75, 3.05) is 18.6 Å². The van der Waals surface area contributed by atoms with Gasteiger partial charge >= 0.3 is 0 Å². The number of hydrogen-bond acceptors (Lipinski definition) is 6. The number of methoxy groups -OCH3 is 1. The summed E-state index contributed by atoms with van der Waals surface area (Å²) in [5.74, 6) is 0.841. The molecular formula is C20H18FN3O4. The lowest BCUT2D eigenvalue weighted by Crippen LogP contribution is -2.24. The van der Waals surface area contributed by atoms with E-state index < -0.39 is 5.82 Å². The molecule has 0 spiro atoms. The van der Waals surface area contributed by atoms with Crippen LogP contribution in [0, 0.1) is 5.82 Å². The number of anilines is 1. The fourth-order valence-electron chi connectivity index (χ4n) is 3.08. The molecule has 1 aliphatic rings. The highest BCUT2D eigenvalue weighted by Crippen LogP contribution is 2.31. The summed E-state index contributed by atoms with van der Waals surface area (Å²) in [7, 11) is 1.59. The van der Waals surface area contributed by atoms with Gasteiger partial charge in [-0.25, -0.2) is 4.39 Å². The van der Waals surface area contributed by atoms with Crippen LogP contribution in [0.15, 0.2) is 53.1 Å². The predicted octanol–water partition coefficient (Wildman–Crippen LogP) is 3.32. The Kier molecular flexibility index (Phi) is 4.92. The van der Waals surface area contributed by atoms with Crippen molar-refractivity contribution in [1.29, 1.82) is 0 Å². The second-order valence-electron chi connectivity index (χ2n) is 6.37. The van der Waals surface area contributed by atoms with E-state index in [1.165, 1.54) is 12.1 Å². The summed E-state index contributed by atoms with van der Waals surface area (Å²) in [5, 5.41) is 3.87. The molecule has 1 atom stereocenters. The van der Waals surface area contributed by atoms with Crippen molar-refractivity contribution >= 4 is 11.6 Å². The van der Waals surface area contributed by atoms with E-state index in [-0.39, 0.29) is 30.6 Å². The van der Waals surface area contributed by atoms with Crippen LogP contribution in [-0.2, 0) is 11.4 Å². The molecule has 0 bridgehead atoms. The summed E-state index contributed by atoms with van der Waals surface area (Å²) in [6.07, 6.45) is 0.280. The first-order valence-electron chi connectivity index (χ1n) is 8.78. The van der Waals surface area contributed by atoms with Gasteiger partial charge in [-0.15, -0.1) is 0 Å². The molecule has 1 amide bonds. The number of para-hydroxylation sites is 1. The fraction of sp³-hybridized carbons (Fsp3) is 0.250. The van der Waals surface area contributed by atoms with Gasteiger partial charge in [-0.2, -0.15) is 4.98 Å². The number of rotatable bonds is 6. The van der Waals surface area contributed by atoms with Crippen LogP contribution in [0.3, 0.4) is 0 Å². The van der Waals surface area contributed by atoms with Crippen LogP contribution in [0.1, 0.15) is 24.1 Å². The van der Waals surface area contributed by atoms with Crippen LogP contribution in [0.5, 0.6) is 11.5 Å². The lowest BCUT2D eigenvalue weighted by Gasteiger charge is -2.16. The molecule has 4 rings (SSSR count). The quantitative estimate of drug-likeness (QED) is 0.650. The number of hydrogen-bond donors (Lipinski definition) is 0. The van der Waals surface area contributed by atoms with Gasteiger partial charge in [-0.3, -0.25) is 4.79 Å². The second kappa shape index (κ2) is 7.67. The molecule has 0 N–H and O–H groups in total. The standard InChI is InChI=1S/C20H18FN3O4/c1-26-15-8-6-14(7-9-15)24-11-13(10-19(24)25)20-22-18(23-28-20)12-27-17-5-3-2-4-16(17)21/h2-9,13H,10-12H2,1H3. The SMILES string of the molecule is COc1ccc(N2CC(c3nc(COc4ccccc4F)no3)CC2=O)cc1. The Labute approximate surface area is 160 Å². The third-order valence-electron chi connectivity index (χ3n) is 4.54. The number of amides is 1. The van der Waals surface area contributed by atoms with E-state index in [1.807, 2.05) is 12.1 Å². The van der Waals surface area contributed by atoms with E-state index in [1.54, 1.807) is 36.3 Å². The normalized spacial score (nSPS) is 16.4. The Hall–Kier alpha value is -3.42. The summed E-state index contributed by atoms with van der Waals surface area (Å²) in [6.45, 7) is 0.425. The summed E-state index contributed by atoms with van der Waals surface area (Å²) < 4.78 is 29.4. The van der Waals surface area contributed by atoms with Crippen molar-refractivity contribution in [3.8, 4) is 11.5 Å². The lowest BCUT2D eigenvalue weighted by molar-refractivity contribution is -0.117. The molecule has 1 aliphatic heterocycles. The van der Waals surface area contributed by atoms with E-state index in [0.29, 0.717) is 18.3 Å². The number of carbonyl (C=O) groups excluding carboxylic acids is 1. The number of ether oxygens (including phenoxy) is 2. The van der Waals surface area contributed by atoms with Crippen LogP contribution in [0.4, 0.5) is 10.1 Å². The van der Waals surface area contributed by atoms with Crippen LogP contribution in [-0.4, -0.2) is 29.7 Å². The molecule has 0 saturated carbocycles. The third-order valence-corrected chi connectivity index (χ3v) is 4.54. The smallest absolute Gasteiger partial charge is 0.232 e. The monoisotopic (exact) mass is 383 g/mol. The molecule has 7 nitrogen and oxygen atoms in total. The van der Waals surface area contributed by atoms with Gasteiger partial charge in [0.1, 0.15) is 5.75 Å². The van der Waals surface area contributed by atoms with Crippen LogP contribution < -0.4 is 14.4 Å². The minimum absolute atomic E-state index is 0.0162. The van der Waals surface area contributed by atoms with Crippen molar-refractivity contribution < 1.29 is 23.2 Å². The highest BCUT2D eigenvalue weighted by atomic mass is 19.1. The Morgan fingerprint density at radius 3 is 2.75 bits per heavy atom. The third kappa shape index (κ3) is 3.66. The van der Waals surface area contributed by atoms with Crippen LogP contribution in [0.2, 0.25) is 0 Å². The van der Waals surface area contributed by atoms with Crippen molar-refractivity contribution in [3.05, 3.63) is 66.1 Å². The molecule has 2 aromatic carbocycles. The van der Waals surface area contributed by atoms with E-state index in [2.05, 4.69) is 10.1 Å². The van der Waals surface area contributed by atoms with Gasteiger partial charge in [0.05, 0.1) is 13.0 Å². The summed E-state index contributed by atoms with van der Waals surface area (Å²) in [6, 6.07) is 13.4. The first-order chi connectivity index (χ1) is 13.6. The molecule has 2 heterocycles. The van der Waals surface area contributed by atoms with Crippen LogP contribution >= 0.6 is 0 Å². The minimum Gasteiger partial charge on any atom is -0.497 e. The largest absolute Gasteiger partial charge is 0.497 e. The van der Waals surface area contributed by atoms with Gasteiger partial charge in [0.2, 0.25) is 17.6 Å². The van der Waals surface area contributed by atoms with Gasteiger partial charge in [0, 0.05) is 18.7 Å². The Morgan fingerprint density at radius 1 is 1.21 bits per heavy atom. The maximum atomic E-state index is 13.6. The number of carbonyl (C=O) groups is 1. The molecule has 0 aliphatic carbocycles. The molecule has 0 radical (unpaired) electrons. The highest BCUT2D eigenvalue weighted by molar-refractivity contribution is 5.96. The molecule has 1 unspecified atom stereocenters. The number of nitrogens with zero attached hydrogens (tertiary/aromatic N) is 3. The first kappa shape index (κ1) is 18.0. The van der Waals surface area contributed by atoms with E-state index in [9.17, 15) is 9.18 Å². The number of halogens is 1. The van der Waals surface area contributed by atoms with Gasteiger partial charge in [0.15, 0.2) is 18.2 Å². The van der Waals surface area contributed by atoms with Crippen molar-refractivity contribution in [1.82, 2.24) is 10.1 Å². The summed E-state index contributed by atoms with van der Waals surface area (Å²) in [4.78, 5) is 18.4. The average Bonchev–Trinajstić information content (AvgIpc) is 3.34. The molecule has 1 saturated heterocycles. The zero-order valence-corrected chi connectivity index (χ0v) is 15.2. The van der Waals surface area contributed by atoms with E-state index in [4.69, 9.17) is 14.0 Å². The van der Waals surface area contributed by atoms with Crippen molar-refractivity contribution in [3.63, 3.8) is 0 Å². The Balaban J connectivity index is 1.41. The highest BCUT2D eigenvalue weighted by Gasteiger charge is 2.35. The van der Waals surface area contributed by atoms with E-state index >= 15 is 0 Å². The lowest BCUT2D eigenvalue weighted by atomic mass is 10.1. The molecule has 3 aromatic rings. The average molecular weight is 383 g/mol. The molecule has 28 heavy (non-hydrogen) atoms.